The molecule has 0 aromatic heterocycles. The molecule has 0 saturated carbocycles. The SMILES string of the molecule is CC(O)CC(C)NS(=O)(=O)c1cccc2ccccc12. The molecule has 0 aliphatic carbocycles. The Labute approximate surface area is 119 Å². The van der Waals surface area contributed by atoms with Gasteiger partial charge in [0.05, 0.1) is 11.0 Å². The number of hydrogen-bond acceptors (Lipinski definition) is 3. The molecule has 2 unspecified atom stereocenters. The van der Waals surface area contributed by atoms with E-state index in [1.54, 1.807) is 32.0 Å². The first-order valence-electron chi connectivity index (χ1n) is 6.58. The van der Waals surface area contributed by atoms with E-state index < -0.39 is 16.1 Å². The molecule has 0 amide bonds. The molecule has 108 valence electrons. The van der Waals surface area contributed by atoms with Crippen LogP contribution in [-0.4, -0.2) is 25.7 Å². The van der Waals surface area contributed by atoms with E-state index in [4.69, 9.17) is 0 Å². The normalized spacial score (nSPS) is 15.2. The van der Waals surface area contributed by atoms with Crippen molar-refractivity contribution in [1.29, 1.82) is 0 Å². The van der Waals surface area contributed by atoms with Gasteiger partial charge in [0.15, 0.2) is 0 Å². The van der Waals surface area contributed by atoms with E-state index in [0.29, 0.717) is 11.8 Å². The molecule has 0 aliphatic rings. The van der Waals surface area contributed by atoms with Gasteiger partial charge in [0.1, 0.15) is 0 Å². The summed E-state index contributed by atoms with van der Waals surface area (Å²) in [6.07, 6.45) is -0.163. The first kappa shape index (κ1) is 15.0. The first-order valence-corrected chi connectivity index (χ1v) is 8.06. The Kier molecular flexibility index (Phi) is 4.42. The summed E-state index contributed by atoms with van der Waals surface area (Å²) < 4.78 is 27.5. The largest absolute Gasteiger partial charge is 0.393 e. The lowest BCUT2D eigenvalue weighted by Crippen LogP contribution is -2.34. The molecule has 0 saturated heterocycles. The van der Waals surface area contributed by atoms with Gasteiger partial charge < -0.3 is 5.11 Å². The van der Waals surface area contributed by atoms with Crippen LogP contribution in [0.2, 0.25) is 0 Å². The summed E-state index contributed by atoms with van der Waals surface area (Å²) in [4.78, 5) is 0.271. The summed E-state index contributed by atoms with van der Waals surface area (Å²) in [5.74, 6) is 0. The van der Waals surface area contributed by atoms with E-state index >= 15 is 0 Å². The van der Waals surface area contributed by atoms with Crippen molar-refractivity contribution in [3.8, 4) is 0 Å². The number of hydrogen-bond donors (Lipinski definition) is 2. The van der Waals surface area contributed by atoms with Gasteiger partial charge in [-0.05, 0) is 31.7 Å². The van der Waals surface area contributed by atoms with E-state index in [9.17, 15) is 13.5 Å². The fourth-order valence-electron chi connectivity index (χ4n) is 2.32. The highest BCUT2D eigenvalue weighted by Gasteiger charge is 2.20. The Morgan fingerprint density at radius 2 is 1.75 bits per heavy atom. The van der Waals surface area contributed by atoms with Gasteiger partial charge in [-0.25, -0.2) is 13.1 Å². The molecule has 0 radical (unpaired) electrons. The minimum Gasteiger partial charge on any atom is -0.393 e. The lowest BCUT2D eigenvalue weighted by atomic mass is 10.1. The second kappa shape index (κ2) is 5.91. The minimum absolute atomic E-state index is 0.271. The molecule has 4 nitrogen and oxygen atoms in total. The van der Waals surface area contributed by atoms with Crippen LogP contribution in [0.4, 0.5) is 0 Å². The van der Waals surface area contributed by atoms with Crippen LogP contribution in [0.3, 0.4) is 0 Å². The second-order valence-corrected chi connectivity index (χ2v) is 6.77. The van der Waals surface area contributed by atoms with Gasteiger partial charge >= 0.3 is 0 Å². The third kappa shape index (κ3) is 3.36. The van der Waals surface area contributed by atoms with Crippen LogP contribution in [0, 0.1) is 0 Å². The van der Waals surface area contributed by atoms with Crippen LogP contribution < -0.4 is 4.72 Å². The highest BCUT2D eigenvalue weighted by molar-refractivity contribution is 7.89. The second-order valence-electron chi connectivity index (χ2n) is 5.08. The molecular formula is C15H19NO3S. The van der Waals surface area contributed by atoms with Crippen LogP contribution in [0.1, 0.15) is 20.3 Å². The van der Waals surface area contributed by atoms with Crippen LogP contribution in [0.15, 0.2) is 47.4 Å². The third-order valence-electron chi connectivity index (χ3n) is 3.09. The number of aliphatic hydroxyl groups excluding tert-OH is 1. The topological polar surface area (TPSA) is 66.4 Å². The number of nitrogens with one attached hydrogen (secondary N) is 1. The van der Waals surface area contributed by atoms with Crippen LogP contribution in [0.5, 0.6) is 0 Å². The molecule has 20 heavy (non-hydrogen) atoms. The fourth-order valence-corrected chi connectivity index (χ4v) is 3.80. The molecule has 2 atom stereocenters. The van der Waals surface area contributed by atoms with Crippen molar-refractivity contribution >= 4 is 20.8 Å². The van der Waals surface area contributed by atoms with E-state index in [-0.39, 0.29) is 10.9 Å². The quantitative estimate of drug-likeness (QED) is 0.888. The number of benzene rings is 2. The maximum Gasteiger partial charge on any atom is 0.241 e. The molecule has 0 heterocycles. The van der Waals surface area contributed by atoms with Gasteiger partial charge in [0.2, 0.25) is 10.0 Å². The predicted molar refractivity (Wildman–Crippen MR) is 80.0 cm³/mol. The molecule has 2 N–H and O–H groups in total. The zero-order chi connectivity index (χ0) is 14.8. The van der Waals surface area contributed by atoms with Crippen molar-refractivity contribution in [2.75, 3.05) is 0 Å². The zero-order valence-corrected chi connectivity index (χ0v) is 12.4. The molecule has 0 bridgehead atoms. The Hall–Kier alpha value is -1.43. The van der Waals surface area contributed by atoms with Crippen molar-refractivity contribution in [2.24, 2.45) is 0 Å². The molecule has 2 aromatic carbocycles. The molecule has 2 rings (SSSR count). The summed E-state index contributed by atoms with van der Waals surface area (Å²) in [5, 5.41) is 10.9. The lowest BCUT2D eigenvalue weighted by molar-refractivity contribution is 0.175. The van der Waals surface area contributed by atoms with Gasteiger partial charge in [-0.3, -0.25) is 0 Å². The van der Waals surface area contributed by atoms with Gasteiger partial charge in [-0.15, -0.1) is 0 Å². The standard InChI is InChI=1S/C15H19NO3S/c1-11(10-12(2)17)16-20(18,19)15-9-5-7-13-6-3-4-8-14(13)15/h3-9,11-12,16-17H,10H2,1-2H3. The zero-order valence-electron chi connectivity index (χ0n) is 11.6. The maximum absolute atomic E-state index is 12.4. The summed E-state index contributed by atoms with van der Waals surface area (Å²) in [6.45, 7) is 3.39. The average Bonchev–Trinajstić information content (AvgIpc) is 2.36. The van der Waals surface area contributed by atoms with Gasteiger partial charge in [0, 0.05) is 11.4 Å². The van der Waals surface area contributed by atoms with Crippen molar-refractivity contribution in [1.82, 2.24) is 4.72 Å². The first-order chi connectivity index (χ1) is 9.40. The molecule has 0 spiro atoms. The molecular weight excluding hydrogens is 274 g/mol. The van der Waals surface area contributed by atoms with Crippen LogP contribution >= 0.6 is 0 Å². The Morgan fingerprint density at radius 1 is 1.10 bits per heavy atom. The van der Waals surface area contributed by atoms with E-state index in [0.717, 1.165) is 5.39 Å². The highest BCUT2D eigenvalue weighted by atomic mass is 32.2. The smallest absolute Gasteiger partial charge is 0.241 e. The average molecular weight is 293 g/mol. The summed E-state index contributed by atoms with van der Waals surface area (Å²) >= 11 is 0. The predicted octanol–water partition coefficient (Wildman–Crippen LogP) is 2.28. The maximum atomic E-state index is 12.4. The van der Waals surface area contributed by atoms with Crippen molar-refractivity contribution in [3.05, 3.63) is 42.5 Å². The Balaban J connectivity index is 2.37. The molecule has 2 aromatic rings. The summed E-state index contributed by atoms with van der Waals surface area (Å²) in [6, 6.07) is 12.3. The molecule has 0 fully saturated rings. The van der Waals surface area contributed by atoms with E-state index in [1.807, 2.05) is 24.3 Å². The fraction of sp³-hybridized carbons (Fsp3) is 0.333. The van der Waals surface area contributed by atoms with E-state index in [1.165, 1.54) is 0 Å². The lowest BCUT2D eigenvalue weighted by Gasteiger charge is -2.16. The van der Waals surface area contributed by atoms with Crippen molar-refractivity contribution in [3.63, 3.8) is 0 Å². The minimum atomic E-state index is -3.59. The van der Waals surface area contributed by atoms with Gasteiger partial charge in [0.25, 0.3) is 0 Å². The summed E-state index contributed by atoms with van der Waals surface area (Å²) in [7, 11) is -3.59. The Morgan fingerprint density at radius 3 is 2.45 bits per heavy atom. The van der Waals surface area contributed by atoms with Crippen LogP contribution in [0.25, 0.3) is 10.8 Å². The Bertz CT molecular complexity index is 690. The monoisotopic (exact) mass is 293 g/mol. The number of rotatable bonds is 5. The number of sulfonamides is 1. The number of fused-ring (bicyclic) bond motifs is 1. The highest BCUT2D eigenvalue weighted by Crippen LogP contribution is 2.22. The van der Waals surface area contributed by atoms with Crippen molar-refractivity contribution < 1.29 is 13.5 Å². The van der Waals surface area contributed by atoms with Crippen LogP contribution in [-0.2, 0) is 10.0 Å². The molecule has 5 heteroatoms. The van der Waals surface area contributed by atoms with Gasteiger partial charge in [-0.2, -0.15) is 0 Å². The third-order valence-corrected chi connectivity index (χ3v) is 4.74. The number of aliphatic hydroxyl groups is 1. The van der Waals surface area contributed by atoms with E-state index in [2.05, 4.69) is 4.72 Å². The van der Waals surface area contributed by atoms with Gasteiger partial charge in [-0.1, -0.05) is 36.4 Å². The molecule has 0 aliphatic heterocycles. The summed E-state index contributed by atoms with van der Waals surface area (Å²) in [5.41, 5.74) is 0. The van der Waals surface area contributed by atoms with Crippen molar-refractivity contribution in [2.45, 2.75) is 37.3 Å².